The van der Waals surface area contributed by atoms with Crippen LogP contribution in [0.2, 0.25) is 0 Å². The molecule has 110 valence electrons. The standard InChI is InChI=1S/C15H17N3O3/c16-8-11-3-1-2-10(6-11)7-13(14(17)19)18-15(20)12-4-5-21-9-12/h1-3,6,12-13H,4-5,7,9H2,(H2,17,19)(H,18,20)/t12-,13-/m1/s1. The van der Waals surface area contributed by atoms with Crippen LogP contribution in [0.4, 0.5) is 0 Å². The van der Waals surface area contributed by atoms with Crippen LogP contribution in [0.25, 0.3) is 0 Å². The molecule has 1 aromatic rings. The second-order valence-corrected chi connectivity index (χ2v) is 5.04. The average Bonchev–Trinajstić information content (AvgIpc) is 3.01. The highest BCUT2D eigenvalue weighted by Crippen LogP contribution is 2.13. The minimum atomic E-state index is -0.785. The lowest BCUT2D eigenvalue weighted by Gasteiger charge is -2.17. The van der Waals surface area contributed by atoms with Crippen LogP contribution in [0.15, 0.2) is 24.3 Å². The van der Waals surface area contributed by atoms with E-state index in [1.165, 1.54) is 0 Å². The van der Waals surface area contributed by atoms with Gasteiger partial charge in [-0.15, -0.1) is 0 Å². The van der Waals surface area contributed by atoms with E-state index in [2.05, 4.69) is 5.32 Å². The third-order valence-electron chi connectivity index (χ3n) is 3.46. The number of nitrogens with two attached hydrogens (primary N) is 1. The minimum absolute atomic E-state index is 0.215. The molecule has 0 bridgehead atoms. The lowest BCUT2D eigenvalue weighted by Crippen LogP contribution is -2.48. The van der Waals surface area contributed by atoms with Crippen LogP contribution in [0.1, 0.15) is 17.5 Å². The van der Waals surface area contributed by atoms with Gasteiger partial charge in [0.2, 0.25) is 11.8 Å². The highest BCUT2D eigenvalue weighted by Gasteiger charge is 2.27. The van der Waals surface area contributed by atoms with Crippen molar-refractivity contribution >= 4 is 11.8 Å². The van der Waals surface area contributed by atoms with Gasteiger partial charge in [-0.2, -0.15) is 5.26 Å². The molecule has 0 spiro atoms. The normalized spacial score (nSPS) is 18.7. The van der Waals surface area contributed by atoms with Crippen LogP contribution in [-0.2, 0) is 20.7 Å². The van der Waals surface area contributed by atoms with Crippen molar-refractivity contribution in [2.45, 2.75) is 18.9 Å². The van der Waals surface area contributed by atoms with Gasteiger partial charge in [0.15, 0.2) is 0 Å². The van der Waals surface area contributed by atoms with Gasteiger partial charge in [0.1, 0.15) is 6.04 Å². The molecule has 0 aromatic heterocycles. The molecule has 0 radical (unpaired) electrons. The Hall–Kier alpha value is -2.39. The summed E-state index contributed by atoms with van der Waals surface area (Å²) in [7, 11) is 0. The van der Waals surface area contributed by atoms with Crippen molar-refractivity contribution in [1.82, 2.24) is 5.32 Å². The molecule has 1 saturated heterocycles. The molecule has 0 unspecified atom stereocenters. The second-order valence-electron chi connectivity index (χ2n) is 5.04. The smallest absolute Gasteiger partial charge is 0.240 e. The molecule has 1 fully saturated rings. The predicted molar refractivity (Wildman–Crippen MR) is 74.9 cm³/mol. The maximum Gasteiger partial charge on any atom is 0.240 e. The summed E-state index contributed by atoms with van der Waals surface area (Å²) in [5.74, 6) is -1.03. The Morgan fingerprint density at radius 3 is 2.95 bits per heavy atom. The molecule has 2 atom stereocenters. The second kappa shape index (κ2) is 6.86. The number of carbonyl (C=O) groups is 2. The van der Waals surface area contributed by atoms with Gasteiger partial charge in [0.05, 0.1) is 24.2 Å². The fraction of sp³-hybridized carbons (Fsp3) is 0.400. The zero-order valence-electron chi connectivity index (χ0n) is 11.5. The number of primary amides is 1. The zero-order valence-corrected chi connectivity index (χ0v) is 11.5. The molecule has 1 heterocycles. The van der Waals surface area contributed by atoms with Crippen molar-refractivity contribution < 1.29 is 14.3 Å². The first kappa shape index (κ1) is 15.0. The van der Waals surface area contributed by atoms with E-state index in [-0.39, 0.29) is 18.2 Å². The molecule has 1 aliphatic rings. The SMILES string of the molecule is N#Cc1cccc(C[C@@H](NC(=O)[C@@H]2CCOC2)C(N)=O)c1. The fourth-order valence-electron chi connectivity index (χ4n) is 2.26. The average molecular weight is 287 g/mol. The summed E-state index contributed by atoms with van der Waals surface area (Å²) in [4.78, 5) is 23.5. The van der Waals surface area contributed by atoms with Gasteiger partial charge in [0, 0.05) is 13.0 Å². The molecule has 2 rings (SSSR count). The highest BCUT2D eigenvalue weighted by atomic mass is 16.5. The maximum absolute atomic E-state index is 12.0. The molecule has 0 saturated carbocycles. The molecule has 1 aliphatic heterocycles. The van der Waals surface area contributed by atoms with E-state index >= 15 is 0 Å². The third-order valence-corrected chi connectivity index (χ3v) is 3.46. The van der Waals surface area contributed by atoms with Gasteiger partial charge in [-0.3, -0.25) is 9.59 Å². The number of benzene rings is 1. The summed E-state index contributed by atoms with van der Waals surface area (Å²) in [5, 5.41) is 11.5. The van der Waals surface area contributed by atoms with E-state index in [4.69, 9.17) is 15.7 Å². The van der Waals surface area contributed by atoms with Crippen LogP contribution < -0.4 is 11.1 Å². The van der Waals surface area contributed by atoms with Gasteiger partial charge in [-0.05, 0) is 24.1 Å². The number of carbonyl (C=O) groups excluding carboxylic acids is 2. The Kier molecular flexibility index (Phi) is 4.90. The molecule has 1 aromatic carbocycles. The first-order valence-corrected chi connectivity index (χ1v) is 6.76. The van der Waals surface area contributed by atoms with Gasteiger partial charge in [0.25, 0.3) is 0 Å². The van der Waals surface area contributed by atoms with Crippen LogP contribution in [0.5, 0.6) is 0 Å². The largest absolute Gasteiger partial charge is 0.381 e. The lowest BCUT2D eigenvalue weighted by molar-refractivity contribution is -0.129. The number of nitrogens with one attached hydrogen (secondary N) is 1. The molecule has 2 amide bonds. The highest BCUT2D eigenvalue weighted by molar-refractivity contribution is 5.87. The summed E-state index contributed by atoms with van der Waals surface area (Å²) in [6.45, 7) is 0.935. The molecule has 3 N–H and O–H groups in total. The van der Waals surface area contributed by atoms with E-state index in [1.54, 1.807) is 24.3 Å². The van der Waals surface area contributed by atoms with Crippen molar-refractivity contribution in [1.29, 1.82) is 5.26 Å². The third kappa shape index (κ3) is 4.04. The van der Waals surface area contributed by atoms with E-state index in [0.29, 0.717) is 25.2 Å². The molecule has 6 nitrogen and oxygen atoms in total. The van der Waals surface area contributed by atoms with Crippen LogP contribution in [-0.4, -0.2) is 31.1 Å². The molecule has 0 aliphatic carbocycles. The van der Waals surface area contributed by atoms with Gasteiger partial charge in [-0.25, -0.2) is 0 Å². The molecular weight excluding hydrogens is 270 g/mol. The van der Waals surface area contributed by atoms with Crippen LogP contribution >= 0.6 is 0 Å². The quantitative estimate of drug-likeness (QED) is 0.801. The van der Waals surface area contributed by atoms with Crippen molar-refractivity contribution in [3.05, 3.63) is 35.4 Å². The summed E-state index contributed by atoms with van der Waals surface area (Å²) >= 11 is 0. The lowest BCUT2D eigenvalue weighted by atomic mass is 10.0. The van der Waals surface area contributed by atoms with Crippen molar-refractivity contribution in [2.75, 3.05) is 13.2 Å². The monoisotopic (exact) mass is 287 g/mol. The Labute approximate surface area is 122 Å². The van der Waals surface area contributed by atoms with Crippen LogP contribution in [0.3, 0.4) is 0 Å². The number of nitriles is 1. The number of nitrogens with zero attached hydrogens (tertiary/aromatic N) is 1. The first-order valence-electron chi connectivity index (χ1n) is 6.76. The summed E-state index contributed by atoms with van der Waals surface area (Å²) in [6.07, 6.45) is 0.922. The topological polar surface area (TPSA) is 105 Å². The van der Waals surface area contributed by atoms with Gasteiger partial charge >= 0.3 is 0 Å². The Morgan fingerprint density at radius 2 is 2.33 bits per heavy atom. The minimum Gasteiger partial charge on any atom is -0.381 e. The first-order chi connectivity index (χ1) is 10.1. The maximum atomic E-state index is 12.0. The van der Waals surface area contributed by atoms with Crippen LogP contribution in [0, 0.1) is 17.2 Å². The fourth-order valence-corrected chi connectivity index (χ4v) is 2.26. The van der Waals surface area contributed by atoms with Gasteiger partial charge < -0.3 is 15.8 Å². The Balaban J connectivity index is 2.03. The number of ether oxygens (including phenoxy) is 1. The van der Waals surface area contributed by atoms with E-state index in [9.17, 15) is 9.59 Å². The molecule has 6 heteroatoms. The zero-order chi connectivity index (χ0) is 15.2. The van der Waals surface area contributed by atoms with Crippen molar-refractivity contribution in [3.8, 4) is 6.07 Å². The predicted octanol–water partition coefficient (Wildman–Crippen LogP) is 0.107. The van der Waals surface area contributed by atoms with Gasteiger partial charge in [-0.1, -0.05) is 12.1 Å². The molecular formula is C15H17N3O3. The van der Waals surface area contributed by atoms with E-state index in [0.717, 1.165) is 5.56 Å². The number of hydrogen-bond donors (Lipinski definition) is 2. The molecule has 21 heavy (non-hydrogen) atoms. The number of amides is 2. The Bertz CT molecular complexity index is 574. The summed E-state index contributed by atoms with van der Waals surface area (Å²) in [6, 6.07) is 8.14. The summed E-state index contributed by atoms with van der Waals surface area (Å²) in [5.41, 5.74) is 6.64. The van der Waals surface area contributed by atoms with Crippen molar-refractivity contribution in [2.24, 2.45) is 11.7 Å². The number of hydrogen-bond acceptors (Lipinski definition) is 4. The summed E-state index contributed by atoms with van der Waals surface area (Å²) < 4.78 is 5.16. The number of rotatable bonds is 5. The Morgan fingerprint density at radius 1 is 1.52 bits per heavy atom. The van der Waals surface area contributed by atoms with E-state index < -0.39 is 11.9 Å². The van der Waals surface area contributed by atoms with Crippen molar-refractivity contribution in [3.63, 3.8) is 0 Å². The van der Waals surface area contributed by atoms with E-state index in [1.807, 2.05) is 6.07 Å².